The van der Waals surface area contributed by atoms with E-state index in [1.165, 1.54) is 11.1 Å². The van der Waals surface area contributed by atoms with Crippen LogP contribution < -0.4 is 4.74 Å². The molecule has 1 aliphatic heterocycles. The third kappa shape index (κ3) is 3.84. The molecular formula is C21H21N3O3. The molecule has 0 saturated heterocycles. The highest BCUT2D eigenvalue weighted by Gasteiger charge is 2.21. The Morgan fingerprint density at radius 2 is 1.89 bits per heavy atom. The summed E-state index contributed by atoms with van der Waals surface area (Å²) < 4.78 is 10.8. The average Bonchev–Trinajstić information content (AvgIpc) is 3.21. The van der Waals surface area contributed by atoms with E-state index in [0.29, 0.717) is 31.2 Å². The Bertz CT molecular complexity index is 934. The van der Waals surface area contributed by atoms with Crippen LogP contribution in [0.25, 0.3) is 11.5 Å². The van der Waals surface area contributed by atoms with Crippen LogP contribution in [0.5, 0.6) is 5.75 Å². The van der Waals surface area contributed by atoms with E-state index in [-0.39, 0.29) is 5.91 Å². The van der Waals surface area contributed by atoms with Crippen molar-refractivity contribution in [2.24, 2.45) is 0 Å². The highest BCUT2D eigenvalue weighted by atomic mass is 16.5. The van der Waals surface area contributed by atoms with Gasteiger partial charge in [0.25, 0.3) is 0 Å². The first-order valence-electron chi connectivity index (χ1n) is 9.04. The summed E-state index contributed by atoms with van der Waals surface area (Å²) in [5.74, 6) is 1.82. The number of aromatic nitrogens is 2. The van der Waals surface area contributed by atoms with Gasteiger partial charge in [0.15, 0.2) is 0 Å². The first kappa shape index (κ1) is 17.3. The van der Waals surface area contributed by atoms with Crippen molar-refractivity contribution in [3.63, 3.8) is 0 Å². The molecular weight excluding hydrogens is 342 g/mol. The van der Waals surface area contributed by atoms with Crippen molar-refractivity contribution >= 4 is 5.91 Å². The highest BCUT2D eigenvalue weighted by molar-refractivity contribution is 5.76. The van der Waals surface area contributed by atoms with E-state index in [0.717, 1.165) is 24.3 Å². The topological polar surface area (TPSA) is 68.5 Å². The number of ether oxygens (including phenoxy) is 1. The van der Waals surface area contributed by atoms with Crippen LogP contribution in [0.3, 0.4) is 0 Å². The van der Waals surface area contributed by atoms with E-state index in [9.17, 15) is 4.79 Å². The molecule has 0 atom stereocenters. The smallest absolute Gasteiger partial charge is 0.247 e. The predicted molar refractivity (Wildman–Crippen MR) is 100 cm³/mol. The summed E-state index contributed by atoms with van der Waals surface area (Å²) in [5.41, 5.74) is 3.40. The Labute approximate surface area is 157 Å². The predicted octanol–water partition coefficient (Wildman–Crippen LogP) is 3.26. The number of methoxy groups -OCH3 is 1. The lowest BCUT2D eigenvalue weighted by atomic mass is 9.99. The van der Waals surface area contributed by atoms with Crippen molar-refractivity contribution in [2.75, 3.05) is 13.7 Å². The zero-order chi connectivity index (χ0) is 18.6. The summed E-state index contributed by atoms with van der Waals surface area (Å²) in [4.78, 5) is 14.5. The largest absolute Gasteiger partial charge is 0.497 e. The molecule has 1 aliphatic rings. The van der Waals surface area contributed by atoms with Gasteiger partial charge in [-0.15, -0.1) is 10.2 Å². The maximum Gasteiger partial charge on any atom is 0.247 e. The van der Waals surface area contributed by atoms with Crippen molar-refractivity contribution in [3.05, 3.63) is 65.5 Å². The Kier molecular flexibility index (Phi) is 4.87. The van der Waals surface area contributed by atoms with Crippen LogP contribution in [0.2, 0.25) is 0 Å². The number of amides is 1. The maximum atomic E-state index is 12.6. The SMILES string of the molecule is COc1ccc(-c2nnc(CCC(=O)N3CCc4ccccc4C3)o2)cc1. The Balaban J connectivity index is 1.35. The molecule has 0 spiro atoms. The minimum atomic E-state index is 0.119. The van der Waals surface area contributed by atoms with Gasteiger partial charge in [-0.25, -0.2) is 0 Å². The minimum Gasteiger partial charge on any atom is -0.497 e. The number of hydrogen-bond acceptors (Lipinski definition) is 5. The molecule has 1 aromatic heterocycles. The van der Waals surface area contributed by atoms with Gasteiger partial charge in [-0.2, -0.15) is 0 Å². The van der Waals surface area contributed by atoms with E-state index in [4.69, 9.17) is 9.15 Å². The molecule has 0 fully saturated rings. The Hall–Kier alpha value is -3.15. The van der Waals surface area contributed by atoms with E-state index in [2.05, 4.69) is 22.3 Å². The number of carbonyl (C=O) groups excluding carboxylic acids is 1. The summed E-state index contributed by atoms with van der Waals surface area (Å²) in [5, 5.41) is 8.15. The summed E-state index contributed by atoms with van der Waals surface area (Å²) in [6, 6.07) is 15.7. The molecule has 3 aromatic rings. The van der Waals surface area contributed by atoms with Crippen LogP contribution in [0.15, 0.2) is 52.9 Å². The molecule has 138 valence electrons. The quantitative estimate of drug-likeness (QED) is 0.696. The number of nitrogens with zero attached hydrogens (tertiary/aromatic N) is 3. The third-order valence-corrected chi connectivity index (χ3v) is 4.84. The molecule has 0 N–H and O–H groups in total. The van der Waals surface area contributed by atoms with Crippen molar-refractivity contribution in [2.45, 2.75) is 25.8 Å². The third-order valence-electron chi connectivity index (χ3n) is 4.84. The lowest BCUT2D eigenvalue weighted by molar-refractivity contribution is -0.132. The number of benzene rings is 2. The number of fused-ring (bicyclic) bond motifs is 1. The second-order valence-electron chi connectivity index (χ2n) is 6.56. The lowest BCUT2D eigenvalue weighted by Gasteiger charge is -2.28. The van der Waals surface area contributed by atoms with Crippen molar-refractivity contribution < 1.29 is 13.9 Å². The number of carbonyl (C=O) groups is 1. The molecule has 6 nitrogen and oxygen atoms in total. The summed E-state index contributed by atoms with van der Waals surface area (Å²) in [6.45, 7) is 1.44. The van der Waals surface area contributed by atoms with Gasteiger partial charge in [0.2, 0.25) is 17.7 Å². The molecule has 0 aliphatic carbocycles. The number of hydrogen-bond donors (Lipinski definition) is 0. The second kappa shape index (κ2) is 7.61. The molecule has 4 rings (SSSR count). The fourth-order valence-electron chi connectivity index (χ4n) is 3.29. The van der Waals surface area contributed by atoms with E-state index < -0.39 is 0 Å². The van der Waals surface area contributed by atoms with Gasteiger partial charge in [-0.05, 0) is 41.8 Å². The molecule has 2 heterocycles. The van der Waals surface area contributed by atoms with Crippen LogP contribution >= 0.6 is 0 Å². The van der Waals surface area contributed by atoms with Crippen LogP contribution in [0, 0.1) is 0 Å². The molecule has 0 saturated carbocycles. The summed E-state index contributed by atoms with van der Waals surface area (Å²) in [7, 11) is 1.62. The van der Waals surface area contributed by atoms with Gasteiger partial charge in [0, 0.05) is 31.5 Å². The summed E-state index contributed by atoms with van der Waals surface area (Å²) >= 11 is 0. The fourth-order valence-corrected chi connectivity index (χ4v) is 3.29. The van der Waals surface area contributed by atoms with Crippen LogP contribution in [0.4, 0.5) is 0 Å². The number of rotatable bonds is 5. The van der Waals surface area contributed by atoms with Crippen LogP contribution in [-0.2, 0) is 24.2 Å². The fraction of sp³-hybridized carbons (Fsp3) is 0.286. The van der Waals surface area contributed by atoms with Gasteiger partial charge >= 0.3 is 0 Å². The van der Waals surface area contributed by atoms with Gasteiger partial charge in [0.05, 0.1) is 7.11 Å². The van der Waals surface area contributed by atoms with E-state index in [1.807, 2.05) is 41.3 Å². The van der Waals surface area contributed by atoms with Gasteiger partial charge in [-0.1, -0.05) is 24.3 Å². The van der Waals surface area contributed by atoms with Crippen molar-refractivity contribution in [1.82, 2.24) is 15.1 Å². The molecule has 6 heteroatoms. The van der Waals surface area contributed by atoms with Gasteiger partial charge < -0.3 is 14.1 Å². The van der Waals surface area contributed by atoms with E-state index in [1.54, 1.807) is 7.11 Å². The molecule has 27 heavy (non-hydrogen) atoms. The van der Waals surface area contributed by atoms with Gasteiger partial charge in [0.1, 0.15) is 5.75 Å². The molecule has 1 amide bonds. The van der Waals surface area contributed by atoms with Gasteiger partial charge in [-0.3, -0.25) is 4.79 Å². The first-order chi connectivity index (χ1) is 13.2. The minimum absolute atomic E-state index is 0.119. The highest BCUT2D eigenvalue weighted by Crippen LogP contribution is 2.22. The maximum absolute atomic E-state index is 12.6. The van der Waals surface area contributed by atoms with Crippen LogP contribution in [0.1, 0.15) is 23.4 Å². The molecule has 0 radical (unpaired) electrons. The zero-order valence-corrected chi connectivity index (χ0v) is 15.2. The zero-order valence-electron chi connectivity index (χ0n) is 15.2. The Morgan fingerprint density at radius 3 is 2.67 bits per heavy atom. The standard InChI is InChI=1S/C21H21N3O3/c1-26-18-8-6-16(7-9-18)21-23-22-19(27-21)10-11-20(25)24-13-12-15-4-2-3-5-17(15)14-24/h2-9H,10-14H2,1H3. The first-order valence-corrected chi connectivity index (χ1v) is 9.04. The molecule has 0 unspecified atom stereocenters. The molecule has 2 aromatic carbocycles. The summed E-state index contributed by atoms with van der Waals surface area (Å²) in [6.07, 6.45) is 1.72. The number of aryl methyl sites for hydroxylation is 1. The van der Waals surface area contributed by atoms with Crippen molar-refractivity contribution in [3.8, 4) is 17.2 Å². The van der Waals surface area contributed by atoms with E-state index >= 15 is 0 Å². The normalized spacial score (nSPS) is 13.3. The second-order valence-corrected chi connectivity index (χ2v) is 6.56. The Morgan fingerprint density at radius 1 is 1.11 bits per heavy atom. The monoisotopic (exact) mass is 363 g/mol. The van der Waals surface area contributed by atoms with Crippen molar-refractivity contribution in [1.29, 1.82) is 0 Å². The lowest BCUT2D eigenvalue weighted by Crippen LogP contribution is -2.36. The molecule has 0 bridgehead atoms. The average molecular weight is 363 g/mol. The van der Waals surface area contributed by atoms with Crippen LogP contribution in [-0.4, -0.2) is 34.7 Å².